The number of amides is 1. The van der Waals surface area contributed by atoms with Crippen molar-refractivity contribution in [3.63, 3.8) is 0 Å². The van der Waals surface area contributed by atoms with Crippen LogP contribution in [0.15, 0.2) is 33.0 Å². The molecule has 1 amide bonds. The molecule has 0 unspecified atom stereocenters. The second-order valence-electron chi connectivity index (χ2n) is 4.51. The smallest absolute Gasteiger partial charge is 0.259 e. The van der Waals surface area contributed by atoms with Crippen LogP contribution in [0.25, 0.3) is 0 Å². The van der Waals surface area contributed by atoms with Crippen molar-refractivity contribution in [3.05, 3.63) is 38.6 Å². The number of nitrogens with zero attached hydrogens (tertiary/aromatic N) is 1. The number of ether oxygens (including phenoxy) is 1. The van der Waals surface area contributed by atoms with Gasteiger partial charge in [-0.3, -0.25) is 15.1 Å². The van der Waals surface area contributed by atoms with Crippen LogP contribution < -0.4 is 5.73 Å². The molecule has 0 radical (unpaired) electrons. The van der Waals surface area contributed by atoms with E-state index in [0.717, 1.165) is 0 Å². The van der Waals surface area contributed by atoms with Crippen LogP contribution in [0.1, 0.15) is 17.3 Å². The molecule has 1 aromatic rings. The maximum atomic E-state index is 12.6. The highest BCUT2D eigenvalue weighted by Crippen LogP contribution is 2.34. The van der Waals surface area contributed by atoms with Crippen molar-refractivity contribution in [2.24, 2.45) is 5.73 Å². The number of halogens is 2. The summed E-state index contributed by atoms with van der Waals surface area (Å²) in [6.45, 7) is 2.05. The number of phenolic OH excluding ortho intramolecular Hbond substituents is 1. The first kappa shape index (κ1) is 15.8. The van der Waals surface area contributed by atoms with E-state index in [2.05, 4.69) is 31.9 Å². The van der Waals surface area contributed by atoms with Gasteiger partial charge in [0.15, 0.2) is 11.6 Å². The lowest BCUT2D eigenvalue weighted by molar-refractivity contribution is 0.0623. The van der Waals surface area contributed by atoms with Gasteiger partial charge < -0.3 is 15.6 Å². The van der Waals surface area contributed by atoms with E-state index in [1.54, 1.807) is 6.92 Å². The predicted molar refractivity (Wildman–Crippen MR) is 85.1 cm³/mol. The fourth-order valence-electron chi connectivity index (χ4n) is 1.94. The maximum Gasteiger partial charge on any atom is 0.259 e. The Hall–Kier alpha value is -1.54. The minimum Gasteiger partial charge on any atom is -0.506 e. The highest BCUT2D eigenvalue weighted by atomic mass is 79.9. The number of morpholine rings is 1. The molecule has 0 aliphatic carbocycles. The van der Waals surface area contributed by atoms with E-state index in [-0.39, 0.29) is 35.9 Å². The summed E-state index contributed by atoms with van der Waals surface area (Å²) in [5.41, 5.74) is 5.75. The lowest BCUT2D eigenvalue weighted by atomic mass is 10.1. The molecular weight excluding hydrogens is 406 g/mol. The molecule has 1 aliphatic rings. The lowest BCUT2D eigenvalue weighted by Crippen LogP contribution is -2.47. The van der Waals surface area contributed by atoms with Crippen molar-refractivity contribution in [1.29, 1.82) is 5.41 Å². The molecule has 1 saturated heterocycles. The highest BCUT2D eigenvalue weighted by molar-refractivity contribution is 9.11. The summed E-state index contributed by atoms with van der Waals surface area (Å²) in [5.74, 6) is -0.268. The minimum absolute atomic E-state index is 0.0134. The summed E-state index contributed by atoms with van der Waals surface area (Å²) in [4.78, 5) is 13.9. The van der Waals surface area contributed by atoms with Gasteiger partial charge in [-0.1, -0.05) is 0 Å². The summed E-state index contributed by atoms with van der Waals surface area (Å²) in [7, 11) is 0. The van der Waals surface area contributed by atoms with Gasteiger partial charge in [-0.2, -0.15) is 0 Å². The zero-order valence-corrected chi connectivity index (χ0v) is 14.2. The van der Waals surface area contributed by atoms with Crippen molar-refractivity contribution in [2.75, 3.05) is 6.54 Å². The van der Waals surface area contributed by atoms with Crippen LogP contribution in [-0.2, 0) is 4.74 Å². The van der Waals surface area contributed by atoms with Gasteiger partial charge in [-0.25, -0.2) is 0 Å². The second-order valence-corrected chi connectivity index (χ2v) is 6.22. The van der Waals surface area contributed by atoms with Crippen molar-refractivity contribution in [3.8, 4) is 5.75 Å². The zero-order chi connectivity index (χ0) is 15.7. The van der Waals surface area contributed by atoms with E-state index in [1.165, 1.54) is 23.2 Å². The summed E-state index contributed by atoms with van der Waals surface area (Å²) in [6.07, 6.45) is 0.905. The standard InChI is InChI=1S/C13H13Br2N3O3/c1-6-5-18(12(17)10(4-16)21-6)13(20)7-2-8(14)11(19)9(15)3-7/h2-4,6,17,19H,5,16H2,1H3/t6-/m1/s1. The molecule has 112 valence electrons. The molecule has 0 bridgehead atoms. The third kappa shape index (κ3) is 3.06. The van der Waals surface area contributed by atoms with Crippen LogP contribution in [-0.4, -0.2) is 34.4 Å². The van der Waals surface area contributed by atoms with Crippen LogP contribution in [0.4, 0.5) is 0 Å². The first-order chi connectivity index (χ1) is 9.85. The molecule has 4 N–H and O–H groups in total. The van der Waals surface area contributed by atoms with E-state index in [9.17, 15) is 9.90 Å². The van der Waals surface area contributed by atoms with Gasteiger partial charge in [0.05, 0.1) is 15.5 Å². The Labute approximate surface area is 138 Å². The summed E-state index contributed by atoms with van der Waals surface area (Å²) >= 11 is 6.36. The average Bonchev–Trinajstić information content (AvgIpc) is 2.45. The molecular formula is C13H13Br2N3O3. The SMILES string of the molecule is C[C@@H]1CN(C(=O)c2cc(Br)c(O)c(Br)c2)C(=N)C(=CN)O1. The maximum absolute atomic E-state index is 12.6. The Balaban J connectivity index is 2.37. The Morgan fingerprint density at radius 3 is 2.62 bits per heavy atom. The second kappa shape index (κ2) is 6.07. The first-order valence-corrected chi connectivity index (χ1v) is 7.61. The number of carbonyl (C=O) groups is 1. The third-order valence-electron chi connectivity index (χ3n) is 2.93. The predicted octanol–water partition coefficient (Wildman–Crippen LogP) is 2.56. The number of amidine groups is 1. The number of hydrogen-bond acceptors (Lipinski definition) is 5. The molecule has 1 heterocycles. The van der Waals surface area contributed by atoms with Crippen molar-refractivity contribution >= 4 is 43.6 Å². The van der Waals surface area contributed by atoms with Gasteiger partial charge in [0.1, 0.15) is 11.9 Å². The van der Waals surface area contributed by atoms with E-state index >= 15 is 0 Å². The van der Waals surface area contributed by atoms with E-state index in [1.807, 2.05) is 0 Å². The van der Waals surface area contributed by atoms with Gasteiger partial charge in [-0.05, 0) is 50.9 Å². The number of benzene rings is 1. The van der Waals surface area contributed by atoms with E-state index < -0.39 is 0 Å². The average molecular weight is 419 g/mol. The Morgan fingerprint density at radius 2 is 2.10 bits per heavy atom. The quantitative estimate of drug-likeness (QED) is 0.652. The topological polar surface area (TPSA) is 99.6 Å². The Morgan fingerprint density at radius 1 is 1.52 bits per heavy atom. The molecule has 0 aromatic heterocycles. The van der Waals surface area contributed by atoms with Crippen LogP contribution in [0, 0.1) is 5.41 Å². The largest absolute Gasteiger partial charge is 0.506 e. The van der Waals surface area contributed by atoms with Crippen LogP contribution >= 0.6 is 31.9 Å². The first-order valence-electron chi connectivity index (χ1n) is 6.02. The van der Waals surface area contributed by atoms with Gasteiger partial charge in [0, 0.05) is 11.8 Å². The molecule has 8 heteroatoms. The fraction of sp³-hybridized carbons (Fsp3) is 0.231. The monoisotopic (exact) mass is 417 g/mol. The van der Waals surface area contributed by atoms with Gasteiger partial charge in [0.25, 0.3) is 5.91 Å². The summed E-state index contributed by atoms with van der Waals surface area (Å²) < 4.78 is 6.17. The number of rotatable bonds is 1. The lowest BCUT2D eigenvalue weighted by Gasteiger charge is -2.33. The van der Waals surface area contributed by atoms with Crippen LogP contribution in [0.3, 0.4) is 0 Å². The number of nitrogens with one attached hydrogen (secondary N) is 1. The Bertz CT molecular complexity index is 623. The van der Waals surface area contributed by atoms with Crippen molar-refractivity contribution < 1.29 is 14.6 Å². The number of nitrogens with two attached hydrogens (primary N) is 1. The van der Waals surface area contributed by atoms with E-state index in [0.29, 0.717) is 14.5 Å². The molecule has 0 spiro atoms. The Kier molecular flexibility index (Phi) is 4.58. The molecule has 0 saturated carbocycles. The molecule has 2 rings (SSSR count). The van der Waals surface area contributed by atoms with Crippen molar-refractivity contribution in [1.82, 2.24) is 4.90 Å². The van der Waals surface area contributed by atoms with Crippen LogP contribution in [0.5, 0.6) is 5.75 Å². The molecule has 21 heavy (non-hydrogen) atoms. The minimum atomic E-state index is -0.365. The van der Waals surface area contributed by atoms with Gasteiger partial charge in [-0.15, -0.1) is 0 Å². The number of carbonyl (C=O) groups excluding carboxylic acids is 1. The summed E-state index contributed by atoms with van der Waals surface area (Å²) in [6, 6.07) is 3.00. The van der Waals surface area contributed by atoms with Crippen LogP contribution in [0.2, 0.25) is 0 Å². The molecule has 1 aliphatic heterocycles. The molecule has 1 fully saturated rings. The molecule has 1 aromatic carbocycles. The fourth-order valence-corrected chi connectivity index (χ4v) is 3.13. The summed E-state index contributed by atoms with van der Waals surface area (Å²) in [5, 5.41) is 17.7. The van der Waals surface area contributed by atoms with Gasteiger partial charge >= 0.3 is 0 Å². The molecule has 6 nitrogen and oxygen atoms in total. The highest BCUT2D eigenvalue weighted by Gasteiger charge is 2.31. The van der Waals surface area contributed by atoms with E-state index in [4.69, 9.17) is 15.9 Å². The van der Waals surface area contributed by atoms with Gasteiger partial charge in [0.2, 0.25) is 0 Å². The van der Waals surface area contributed by atoms with Crippen molar-refractivity contribution in [2.45, 2.75) is 13.0 Å². The molecule has 1 atom stereocenters. The number of phenols is 1. The number of hydrogen-bond donors (Lipinski definition) is 3. The third-order valence-corrected chi connectivity index (χ3v) is 4.14. The zero-order valence-electron chi connectivity index (χ0n) is 11.1. The normalized spacial score (nSPS) is 20.5. The number of aromatic hydroxyl groups is 1.